The van der Waals surface area contributed by atoms with E-state index >= 15 is 0 Å². The molecule has 0 radical (unpaired) electrons. The fourth-order valence-electron chi connectivity index (χ4n) is 3.47. The summed E-state index contributed by atoms with van der Waals surface area (Å²) in [5.41, 5.74) is 3.68. The second-order valence-electron chi connectivity index (χ2n) is 7.01. The molecule has 0 unspecified atom stereocenters. The van der Waals surface area contributed by atoms with E-state index in [0.717, 1.165) is 16.7 Å². The first kappa shape index (κ1) is 19.0. The number of phenolic OH excluding ortho intramolecular Hbond substituents is 2. The van der Waals surface area contributed by atoms with Crippen LogP contribution in [0.4, 0.5) is 0 Å². The Morgan fingerprint density at radius 2 is 1.89 bits per heavy atom. The van der Waals surface area contributed by atoms with E-state index in [0.29, 0.717) is 36.7 Å². The fourth-order valence-corrected chi connectivity index (χ4v) is 3.47. The molecule has 0 fully saturated rings. The molecule has 1 atom stereocenters. The molecular weight excluding hydrogens is 344 g/mol. The zero-order valence-corrected chi connectivity index (χ0v) is 16.2. The van der Waals surface area contributed by atoms with E-state index in [-0.39, 0.29) is 17.4 Å². The van der Waals surface area contributed by atoms with Crippen LogP contribution in [0.5, 0.6) is 28.7 Å². The van der Waals surface area contributed by atoms with Crippen LogP contribution in [0.15, 0.2) is 35.9 Å². The molecule has 0 saturated carbocycles. The maximum atomic E-state index is 10.9. The molecule has 144 valence electrons. The monoisotopic (exact) mass is 370 g/mol. The first-order valence-corrected chi connectivity index (χ1v) is 8.99. The van der Waals surface area contributed by atoms with Crippen molar-refractivity contribution in [3.8, 4) is 28.7 Å². The highest BCUT2D eigenvalue weighted by molar-refractivity contribution is 5.55. The van der Waals surface area contributed by atoms with E-state index < -0.39 is 0 Å². The molecule has 0 aliphatic carbocycles. The van der Waals surface area contributed by atoms with Crippen molar-refractivity contribution in [1.29, 1.82) is 0 Å². The van der Waals surface area contributed by atoms with Gasteiger partial charge in [0.1, 0.15) is 28.7 Å². The zero-order valence-electron chi connectivity index (χ0n) is 16.2. The van der Waals surface area contributed by atoms with E-state index in [1.807, 2.05) is 26.0 Å². The van der Waals surface area contributed by atoms with Crippen molar-refractivity contribution in [2.75, 3.05) is 20.8 Å². The first-order chi connectivity index (χ1) is 12.9. The lowest BCUT2D eigenvalue weighted by molar-refractivity contribution is 0.253. The second kappa shape index (κ2) is 7.82. The molecule has 3 rings (SSSR count). The van der Waals surface area contributed by atoms with E-state index in [4.69, 9.17) is 14.2 Å². The molecule has 0 aromatic heterocycles. The summed E-state index contributed by atoms with van der Waals surface area (Å²) in [5.74, 6) is 2.23. The van der Waals surface area contributed by atoms with Gasteiger partial charge < -0.3 is 24.4 Å². The highest BCUT2D eigenvalue weighted by Gasteiger charge is 2.28. The van der Waals surface area contributed by atoms with Crippen molar-refractivity contribution in [2.45, 2.75) is 32.6 Å². The quantitative estimate of drug-likeness (QED) is 0.766. The van der Waals surface area contributed by atoms with Crippen LogP contribution >= 0.6 is 0 Å². The number of hydrogen-bond donors (Lipinski definition) is 2. The average Bonchev–Trinajstić information content (AvgIpc) is 2.65. The maximum absolute atomic E-state index is 10.9. The molecule has 2 aromatic carbocycles. The number of hydrogen-bond acceptors (Lipinski definition) is 5. The van der Waals surface area contributed by atoms with Crippen LogP contribution < -0.4 is 14.2 Å². The van der Waals surface area contributed by atoms with Crippen LogP contribution in [0.1, 0.15) is 36.5 Å². The molecule has 27 heavy (non-hydrogen) atoms. The summed E-state index contributed by atoms with van der Waals surface area (Å²) < 4.78 is 16.7. The van der Waals surface area contributed by atoms with Crippen LogP contribution in [-0.4, -0.2) is 31.0 Å². The SMILES string of the molecule is COc1cc(O)cc2c1C[C@H](c1ccc(OC)c(CC=C(C)C)c1O)CO2. The number of allylic oxidation sites excluding steroid dienone is 2. The van der Waals surface area contributed by atoms with Gasteiger partial charge in [-0.2, -0.15) is 0 Å². The number of benzene rings is 2. The van der Waals surface area contributed by atoms with Gasteiger partial charge in [-0.25, -0.2) is 0 Å². The average molecular weight is 370 g/mol. The molecular formula is C22H26O5. The Balaban J connectivity index is 1.98. The lowest BCUT2D eigenvalue weighted by atomic mass is 9.87. The van der Waals surface area contributed by atoms with Gasteiger partial charge in [0.15, 0.2) is 0 Å². The van der Waals surface area contributed by atoms with E-state index in [9.17, 15) is 10.2 Å². The van der Waals surface area contributed by atoms with Crippen LogP contribution in [0.2, 0.25) is 0 Å². The summed E-state index contributed by atoms with van der Waals surface area (Å²) in [5, 5.41) is 20.8. The molecule has 5 nitrogen and oxygen atoms in total. The van der Waals surface area contributed by atoms with Gasteiger partial charge in [0, 0.05) is 34.7 Å². The third-order valence-electron chi connectivity index (χ3n) is 4.91. The molecule has 0 bridgehead atoms. The molecule has 1 heterocycles. The van der Waals surface area contributed by atoms with Crippen LogP contribution in [0.3, 0.4) is 0 Å². The Morgan fingerprint density at radius 1 is 1.15 bits per heavy atom. The van der Waals surface area contributed by atoms with E-state index in [1.165, 1.54) is 5.57 Å². The highest BCUT2D eigenvalue weighted by Crippen LogP contribution is 2.44. The fraction of sp³-hybridized carbons (Fsp3) is 0.364. The minimum Gasteiger partial charge on any atom is -0.508 e. The number of fused-ring (bicyclic) bond motifs is 1. The predicted molar refractivity (Wildman–Crippen MR) is 104 cm³/mol. The second-order valence-corrected chi connectivity index (χ2v) is 7.01. The van der Waals surface area contributed by atoms with Gasteiger partial charge in [0.05, 0.1) is 20.8 Å². The standard InChI is InChI=1S/C22H26O5/c1-13(2)5-6-17-19(25-3)8-7-16(22(17)24)14-9-18-20(26-4)10-15(23)11-21(18)27-12-14/h5,7-8,10-11,14,23-24H,6,9,12H2,1-4H3/t14-/m0/s1. The molecule has 5 heteroatoms. The minimum atomic E-state index is -0.0210. The number of ether oxygens (including phenoxy) is 3. The van der Waals surface area contributed by atoms with E-state index in [1.54, 1.807) is 26.4 Å². The summed E-state index contributed by atoms with van der Waals surface area (Å²) in [7, 11) is 3.18. The summed E-state index contributed by atoms with van der Waals surface area (Å²) in [6.45, 7) is 4.48. The van der Waals surface area contributed by atoms with Crippen molar-refractivity contribution in [3.63, 3.8) is 0 Å². The third kappa shape index (κ3) is 3.82. The normalized spacial score (nSPS) is 15.5. The Labute approximate surface area is 159 Å². The van der Waals surface area contributed by atoms with Gasteiger partial charge in [-0.3, -0.25) is 0 Å². The number of phenols is 2. The predicted octanol–water partition coefficient (Wildman–Crippen LogP) is 4.34. The third-order valence-corrected chi connectivity index (χ3v) is 4.91. The Bertz CT molecular complexity index is 848. The lowest BCUT2D eigenvalue weighted by Crippen LogP contribution is -2.20. The smallest absolute Gasteiger partial charge is 0.129 e. The number of aromatic hydroxyl groups is 2. The summed E-state index contributed by atoms with van der Waals surface area (Å²) in [6.07, 6.45) is 3.33. The van der Waals surface area contributed by atoms with Gasteiger partial charge in [-0.15, -0.1) is 0 Å². The summed E-state index contributed by atoms with van der Waals surface area (Å²) in [6, 6.07) is 6.97. The van der Waals surface area contributed by atoms with Gasteiger partial charge in [-0.1, -0.05) is 17.7 Å². The largest absolute Gasteiger partial charge is 0.508 e. The van der Waals surface area contributed by atoms with Gasteiger partial charge >= 0.3 is 0 Å². The Kier molecular flexibility index (Phi) is 5.49. The summed E-state index contributed by atoms with van der Waals surface area (Å²) in [4.78, 5) is 0. The van der Waals surface area contributed by atoms with Crippen molar-refractivity contribution in [3.05, 3.63) is 52.6 Å². The van der Waals surface area contributed by atoms with Gasteiger partial charge in [0.25, 0.3) is 0 Å². The Morgan fingerprint density at radius 3 is 2.56 bits per heavy atom. The van der Waals surface area contributed by atoms with Crippen LogP contribution in [0.25, 0.3) is 0 Å². The minimum absolute atomic E-state index is 0.0210. The Hall–Kier alpha value is -2.82. The molecule has 0 amide bonds. The van der Waals surface area contributed by atoms with Crippen LogP contribution in [-0.2, 0) is 12.8 Å². The topological polar surface area (TPSA) is 68.2 Å². The molecule has 2 N–H and O–H groups in total. The van der Waals surface area contributed by atoms with Crippen molar-refractivity contribution in [1.82, 2.24) is 0 Å². The van der Waals surface area contributed by atoms with E-state index in [2.05, 4.69) is 6.08 Å². The molecule has 1 aliphatic rings. The van der Waals surface area contributed by atoms with Crippen LogP contribution in [0, 0.1) is 0 Å². The zero-order chi connectivity index (χ0) is 19.6. The van der Waals surface area contributed by atoms with Crippen molar-refractivity contribution in [2.24, 2.45) is 0 Å². The van der Waals surface area contributed by atoms with Gasteiger partial charge in [0.2, 0.25) is 0 Å². The number of rotatable bonds is 5. The van der Waals surface area contributed by atoms with Gasteiger partial charge in [-0.05, 0) is 32.8 Å². The molecule has 0 saturated heterocycles. The van der Waals surface area contributed by atoms with Crippen molar-refractivity contribution >= 4 is 0 Å². The molecule has 0 spiro atoms. The lowest BCUT2D eigenvalue weighted by Gasteiger charge is -2.28. The molecule has 1 aliphatic heterocycles. The summed E-state index contributed by atoms with van der Waals surface area (Å²) >= 11 is 0. The first-order valence-electron chi connectivity index (χ1n) is 8.99. The maximum Gasteiger partial charge on any atom is 0.129 e. The van der Waals surface area contributed by atoms with Crippen molar-refractivity contribution < 1.29 is 24.4 Å². The number of methoxy groups -OCH3 is 2. The molecule has 2 aromatic rings. The highest BCUT2D eigenvalue weighted by atomic mass is 16.5.